The molecule has 1 amide bonds. The molecule has 0 spiro atoms. The maximum absolute atomic E-state index is 11.7. The zero-order chi connectivity index (χ0) is 15.1. The third-order valence-corrected chi connectivity index (χ3v) is 5.05. The number of carbonyl (C=O) groups excluding carboxylic acids is 1. The highest BCUT2D eigenvalue weighted by atomic mass is 35.5. The van der Waals surface area contributed by atoms with Crippen LogP contribution >= 0.6 is 23.2 Å². The van der Waals surface area contributed by atoms with Gasteiger partial charge in [-0.15, -0.1) is 0 Å². The zero-order valence-corrected chi connectivity index (χ0v) is 13.1. The lowest BCUT2D eigenvalue weighted by Crippen LogP contribution is -2.37. The van der Waals surface area contributed by atoms with Crippen molar-refractivity contribution in [3.63, 3.8) is 0 Å². The minimum Gasteiger partial charge on any atom is -0.495 e. The van der Waals surface area contributed by atoms with Gasteiger partial charge in [-0.05, 0) is 35.6 Å². The quantitative estimate of drug-likeness (QED) is 0.908. The molecule has 2 aliphatic rings. The molecule has 112 valence electrons. The van der Waals surface area contributed by atoms with Crippen molar-refractivity contribution in [1.82, 2.24) is 4.90 Å². The second kappa shape index (κ2) is 5.52. The number of methoxy groups -OCH3 is 1. The van der Waals surface area contributed by atoms with Crippen molar-refractivity contribution in [3.8, 4) is 5.75 Å². The van der Waals surface area contributed by atoms with Gasteiger partial charge in [0, 0.05) is 13.1 Å². The van der Waals surface area contributed by atoms with Crippen LogP contribution in [0, 0.1) is 0 Å². The Balaban J connectivity index is 2.02. The van der Waals surface area contributed by atoms with Crippen LogP contribution in [-0.2, 0) is 11.2 Å². The number of hydrogen-bond acceptors (Lipinski definition) is 3. The van der Waals surface area contributed by atoms with E-state index in [1.807, 2.05) is 6.07 Å². The molecule has 0 saturated heterocycles. The molecule has 0 bridgehead atoms. The summed E-state index contributed by atoms with van der Waals surface area (Å²) < 4.78 is 5.27. The zero-order valence-electron chi connectivity index (χ0n) is 11.6. The highest BCUT2D eigenvalue weighted by Crippen LogP contribution is 2.46. The number of ether oxygens (including phenoxy) is 1. The number of nitrogens with zero attached hydrogens (tertiary/aromatic N) is 1. The van der Waals surface area contributed by atoms with Crippen LogP contribution in [0.4, 0.5) is 0 Å². The summed E-state index contributed by atoms with van der Waals surface area (Å²) in [4.78, 5) is 13.4. The Morgan fingerprint density at radius 2 is 2.19 bits per heavy atom. The fraction of sp³-hybridized carbons (Fsp3) is 0.400. The number of hydrogen-bond donors (Lipinski definition) is 1. The summed E-state index contributed by atoms with van der Waals surface area (Å²) in [6, 6.07) is 1.89. The Kier molecular flexibility index (Phi) is 3.86. The Bertz CT molecular complexity index is 655. The molecule has 21 heavy (non-hydrogen) atoms. The van der Waals surface area contributed by atoms with Gasteiger partial charge in [-0.2, -0.15) is 0 Å². The molecule has 1 aromatic carbocycles. The van der Waals surface area contributed by atoms with Gasteiger partial charge in [0.05, 0.1) is 12.1 Å². The van der Waals surface area contributed by atoms with E-state index in [0.29, 0.717) is 28.9 Å². The van der Waals surface area contributed by atoms with E-state index in [4.69, 9.17) is 33.0 Å². The van der Waals surface area contributed by atoms with Crippen LogP contribution in [0.2, 0.25) is 10.0 Å². The van der Waals surface area contributed by atoms with Crippen molar-refractivity contribution in [3.05, 3.63) is 32.8 Å². The summed E-state index contributed by atoms with van der Waals surface area (Å²) in [7, 11) is 1.55. The topological polar surface area (TPSA) is 49.8 Å². The van der Waals surface area contributed by atoms with Crippen LogP contribution in [-0.4, -0.2) is 42.7 Å². The van der Waals surface area contributed by atoms with Crippen LogP contribution in [0.15, 0.2) is 11.6 Å². The lowest BCUT2D eigenvalue weighted by Gasteiger charge is -2.28. The molecule has 1 heterocycles. The molecule has 0 atom stereocenters. The Morgan fingerprint density at radius 1 is 1.43 bits per heavy atom. The second-order valence-electron chi connectivity index (χ2n) is 5.22. The SMILES string of the molecule is COc1cc2c(c(Cl)c1Cl)CC1=C2CN(C(=O)CO)CC1. The van der Waals surface area contributed by atoms with E-state index in [9.17, 15) is 4.79 Å². The van der Waals surface area contributed by atoms with Gasteiger partial charge in [0.25, 0.3) is 0 Å². The molecule has 3 rings (SSSR count). The third-order valence-electron chi connectivity index (χ3n) is 4.16. The Labute approximate surface area is 132 Å². The van der Waals surface area contributed by atoms with Crippen LogP contribution in [0.1, 0.15) is 17.5 Å². The summed E-state index contributed by atoms with van der Waals surface area (Å²) >= 11 is 12.6. The minimum atomic E-state index is -0.458. The van der Waals surface area contributed by atoms with Gasteiger partial charge >= 0.3 is 0 Å². The average molecular weight is 328 g/mol. The van der Waals surface area contributed by atoms with Crippen molar-refractivity contribution in [1.29, 1.82) is 0 Å². The van der Waals surface area contributed by atoms with Crippen LogP contribution in [0.25, 0.3) is 5.57 Å². The van der Waals surface area contributed by atoms with Gasteiger partial charge in [0.2, 0.25) is 5.91 Å². The number of benzene rings is 1. The van der Waals surface area contributed by atoms with E-state index in [1.54, 1.807) is 12.0 Å². The van der Waals surface area contributed by atoms with Crippen LogP contribution < -0.4 is 4.74 Å². The lowest BCUT2D eigenvalue weighted by molar-refractivity contribution is -0.133. The summed E-state index contributed by atoms with van der Waals surface area (Å²) in [5, 5.41) is 9.98. The molecule has 1 aliphatic carbocycles. The van der Waals surface area contributed by atoms with E-state index in [-0.39, 0.29) is 5.91 Å². The van der Waals surface area contributed by atoms with Crippen molar-refractivity contribution < 1.29 is 14.6 Å². The van der Waals surface area contributed by atoms with Crippen molar-refractivity contribution in [2.45, 2.75) is 12.8 Å². The predicted molar refractivity (Wildman–Crippen MR) is 81.9 cm³/mol. The molecular weight excluding hydrogens is 313 g/mol. The van der Waals surface area contributed by atoms with Gasteiger partial charge < -0.3 is 14.7 Å². The van der Waals surface area contributed by atoms with Crippen LogP contribution in [0.3, 0.4) is 0 Å². The van der Waals surface area contributed by atoms with Crippen molar-refractivity contribution >= 4 is 34.7 Å². The highest BCUT2D eigenvalue weighted by Gasteiger charge is 2.31. The molecule has 0 radical (unpaired) electrons. The third kappa shape index (κ3) is 2.31. The number of carbonyl (C=O) groups is 1. The highest BCUT2D eigenvalue weighted by molar-refractivity contribution is 6.43. The first-order chi connectivity index (χ1) is 10.1. The monoisotopic (exact) mass is 327 g/mol. The number of amides is 1. The first kappa shape index (κ1) is 14.7. The molecule has 1 aromatic rings. The van der Waals surface area contributed by atoms with Gasteiger partial charge in [0.15, 0.2) is 0 Å². The number of halogens is 2. The number of aliphatic hydroxyl groups excluding tert-OH is 1. The first-order valence-corrected chi connectivity index (χ1v) is 7.47. The lowest BCUT2D eigenvalue weighted by atomic mass is 10.00. The van der Waals surface area contributed by atoms with E-state index >= 15 is 0 Å². The normalized spacial score (nSPS) is 16.9. The van der Waals surface area contributed by atoms with Crippen LogP contribution in [0.5, 0.6) is 5.75 Å². The summed E-state index contributed by atoms with van der Waals surface area (Å²) in [6.07, 6.45) is 1.57. The minimum absolute atomic E-state index is 0.248. The maximum atomic E-state index is 11.7. The predicted octanol–water partition coefficient (Wildman–Crippen LogP) is 2.54. The fourth-order valence-electron chi connectivity index (χ4n) is 3.03. The number of aliphatic hydroxyl groups is 1. The van der Waals surface area contributed by atoms with E-state index in [2.05, 4.69) is 0 Å². The van der Waals surface area contributed by atoms with Gasteiger partial charge in [-0.25, -0.2) is 0 Å². The Hall–Kier alpha value is -1.23. The van der Waals surface area contributed by atoms with E-state index in [1.165, 1.54) is 5.57 Å². The molecule has 1 aliphatic heterocycles. The summed E-state index contributed by atoms with van der Waals surface area (Å²) in [5.41, 5.74) is 4.41. The van der Waals surface area contributed by atoms with Crippen molar-refractivity contribution in [2.75, 3.05) is 26.8 Å². The molecule has 1 N–H and O–H groups in total. The molecule has 4 nitrogen and oxygen atoms in total. The molecular formula is C15H15Cl2NO3. The maximum Gasteiger partial charge on any atom is 0.248 e. The molecule has 0 aromatic heterocycles. The molecule has 0 unspecified atom stereocenters. The van der Waals surface area contributed by atoms with Gasteiger partial charge in [0.1, 0.15) is 17.4 Å². The second-order valence-corrected chi connectivity index (χ2v) is 5.97. The molecule has 6 heteroatoms. The van der Waals surface area contributed by atoms with E-state index < -0.39 is 6.61 Å². The number of rotatable bonds is 2. The van der Waals surface area contributed by atoms with Gasteiger partial charge in [-0.3, -0.25) is 4.79 Å². The molecule has 0 saturated carbocycles. The smallest absolute Gasteiger partial charge is 0.248 e. The first-order valence-electron chi connectivity index (χ1n) is 6.71. The number of fused-ring (bicyclic) bond motifs is 2. The fourth-order valence-corrected chi connectivity index (χ4v) is 3.54. The standard InChI is InChI=1S/C15H15Cl2NO3/c1-21-12-5-9-10(14(16)15(12)17)4-8-2-3-18(6-11(8)9)13(20)7-19/h5,19H,2-4,6-7H2,1H3. The summed E-state index contributed by atoms with van der Waals surface area (Å²) in [5.74, 6) is 0.293. The van der Waals surface area contributed by atoms with E-state index in [0.717, 1.165) is 29.5 Å². The largest absolute Gasteiger partial charge is 0.495 e. The van der Waals surface area contributed by atoms with Gasteiger partial charge in [-0.1, -0.05) is 28.8 Å². The average Bonchev–Trinajstić information content (AvgIpc) is 2.87. The molecule has 0 fully saturated rings. The summed E-state index contributed by atoms with van der Waals surface area (Å²) in [6.45, 7) is 0.678. The van der Waals surface area contributed by atoms with Crippen molar-refractivity contribution in [2.24, 2.45) is 0 Å². The Morgan fingerprint density at radius 3 is 2.86 bits per heavy atom.